The Kier molecular flexibility index (Phi) is 4.50. The number of aryl methyl sites for hydroxylation is 1. The first-order chi connectivity index (χ1) is 8.63. The number of carbonyl (C=O) groups excluding carboxylic acids is 1. The summed E-state index contributed by atoms with van der Waals surface area (Å²) in [5.41, 5.74) is 3.08. The van der Waals surface area contributed by atoms with Crippen LogP contribution in [0.25, 0.3) is 0 Å². The summed E-state index contributed by atoms with van der Waals surface area (Å²) in [5, 5.41) is 0. The lowest BCUT2D eigenvalue weighted by molar-refractivity contribution is 0.102. The molecule has 0 radical (unpaired) electrons. The first-order valence-electron chi connectivity index (χ1n) is 6.89. The Hall–Kier alpha value is -0.760. The molecule has 2 rings (SSSR count). The van der Waals surface area contributed by atoms with Gasteiger partial charge in [0, 0.05) is 23.5 Å². The highest BCUT2D eigenvalue weighted by atomic mass is 35.5. The molecule has 1 saturated carbocycles. The van der Waals surface area contributed by atoms with E-state index < -0.39 is 0 Å². The molecule has 0 unspecified atom stereocenters. The number of halogens is 1. The Bertz CT molecular complexity index is 430. The van der Waals surface area contributed by atoms with Crippen molar-refractivity contribution in [1.82, 2.24) is 4.57 Å². The molecule has 1 fully saturated rings. The van der Waals surface area contributed by atoms with Gasteiger partial charge in [-0.05, 0) is 38.7 Å². The van der Waals surface area contributed by atoms with Crippen molar-refractivity contribution in [2.75, 3.05) is 5.88 Å². The molecular formula is C15H22ClNO. The molecule has 1 aromatic heterocycles. The van der Waals surface area contributed by atoms with Crippen molar-refractivity contribution < 1.29 is 4.79 Å². The third kappa shape index (κ3) is 2.80. The molecule has 2 nitrogen and oxygen atoms in total. The Labute approximate surface area is 114 Å². The van der Waals surface area contributed by atoms with Gasteiger partial charge in [0.05, 0.1) is 5.88 Å². The Balaban J connectivity index is 2.17. The van der Waals surface area contributed by atoms with Crippen LogP contribution in [0.5, 0.6) is 0 Å². The summed E-state index contributed by atoms with van der Waals surface area (Å²) in [6, 6.07) is 1.99. The maximum Gasteiger partial charge on any atom is 0.179 e. The summed E-state index contributed by atoms with van der Waals surface area (Å²) in [4.78, 5) is 11.7. The minimum atomic E-state index is 0.0414. The van der Waals surface area contributed by atoms with Crippen molar-refractivity contribution in [2.45, 2.75) is 52.5 Å². The lowest BCUT2D eigenvalue weighted by atomic mass is 9.89. The fraction of sp³-hybridized carbons (Fsp3) is 0.667. The number of Topliss-reactive ketones (excluding diaryl/α,β-unsaturated/α-hetero) is 1. The molecule has 0 atom stereocenters. The van der Waals surface area contributed by atoms with E-state index in [1.807, 2.05) is 13.0 Å². The van der Waals surface area contributed by atoms with Gasteiger partial charge < -0.3 is 4.57 Å². The third-order valence-electron chi connectivity index (χ3n) is 4.16. The number of hydrogen-bond donors (Lipinski definition) is 0. The highest BCUT2D eigenvalue weighted by Crippen LogP contribution is 2.27. The van der Waals surface area contributed by atoms with Gasteiger partial charge in [0.15, 0.2) is 5.78 Å². The van der Waals surface area contributed by atoms with E-state index in [0.717, 1.165) is 23.7 Å². The predicted molar refractivity (Wildman–Crippen MR) is 75.5 cm³/mol. The molecule has 0 amide bonds. The Morgan fingerprint density at radius 2 is 2.00 bits per heavy atom. The molecular weight excluding hydrogens is 246 g/mol. The van der Waals surface area contributed by atoms with E-state index in [-0.39, 0.29) is 11.7 Å². The standard InChI is InChI=1S/C15H22ClNO/c1-11-8-14(15(18)9-16)12(2)17(11)10-13-6-4-3-5-7-13/h8,13H,3-7,9-10H2,1-2H3. The smallest absolute Gasteiger partial charge is 0.179 e. The van der Waals surface area contributed by atoms with Gasteiger partial charge in [0.2, 0.25) is 0 Å². The average Bonchev–Trinajstić information content (AvgIpc) is 2.67. The number of nitrogens with zero attached hydrogens (tertiary/aromatic N) is 1. The molecule has 1 heterocycles. The van der Waals surface area contributed by atoms with Gasteiger partial charge in [-0.25, -0.2) is 0 Å². The third-order valence-corrected chi connectivity index (χ3v) is 4.40. The highest BCUT2D eigenvalue weighted by Gasteiger charge is 2.19. The van der Waals surface area contributed by atoms with Crippen LogP contribution in [0.3, 0.4) is 0 Å². The van der Waals surface area contributed by atoms with Gasteiger partial charge in [-0.3, -0.25) is 4.79 Å². The van der Waals surface area contributed by atoms with Gasteiger partial charge in [0.25, 0.3) is 0 Å². The fourth-order valence-electron chi connectivity index (χ4n) is 3.06. The number of ketones is 1. The number of hydrogen-bond acceptors (Lipinski definition) is 1. The Morgan fingerprint density at radius 3 is 2.61 bits per heavy atom. The molecule has 0 aromatic carbocycles. The number of carbonyl (C=O) groups is 1. The molecule has 1 aliphatic rings. The van der Waals surface area contributed by atoms with Crippen molar-refractivity contribution in [1.29, 1.82) is 0 Å². The molecule has 3 heteroatoms. The maximum atomic E-state index is 11.7. The van der Waals surface area contributed by atoms with E-state index in [1.165, 1.54) is 37.8 Å². The van der Waals surface area contributed by atoms with Crippen LogP contribution in [0.1, 0.15) is 53.8 Å². The van der Waals surface area contributed by atoms with E-state index in [4.69, 9.17) is 11.6 Å². The predicted octanol–water partition coefficient (Wildman–Crippen LogP) is 4.11. The van der Waals surface area contributed by atoms with Crippen LogP contribution in [0.2, 0.25) is 0 Å². The first kappa shape index (κ1) is 13.7. The molecule has 100 valence electrons. The summed E-state index contributed by atoms with van der Waals surface area (Å²) in [6.45, 7) is 5.18. The van der Waals surface area contributed by atoms with E-state index in [1.54, 1.807) is 0 Å². The molecule has 0 aliphatic heterocycles. The molecule has 0 N–H and O–H groups in total. The molecule has 0 spiro atoms. The largest absolute Gasteiger partial charge is 0.348 e. The Morgan fingerprint density at radius 1 is 1.33 bits per heavy atom. The normalized spacial score (nSPS) is 17.1. The number of aromatic nitrogens is 1. The topological polar surface area (TPSA) is 22.0 Å². The van der Waals surface area contributed by atoms with E-state index in [0.29, 0.717) is 0 Å². The van der Waals surface area contributed by atoms with E-state index in [2.05, 4.69) is 11.5 Å². The summed E-state index contributed by atoms with van der Waals surface area (Å²) in [6.07, 6.45) is 6.76. The van der Waals surface area contributed by atoms with Crippen molar-refractivity contribution in [3.05, 3.63) is 23.0 Å². The van der Waals surface area contributed by atoms with Crippen molar-refractivity contribution in [3.63, 3.8) is 0 Å². The van der Waals surface area contributed by atoms with E-state index >= 15 is 0 Å². The van der Waals surface area contributed by atoms with Crippen molar-refractivity contribution in [2.24, 2.45) is 5.92 Å². The summed E-state index contributed by atoms with van der Waals surface area (Å²) in [5.74, 6) is 0.899. The fourth-order valence-corrected chi connectivity index (χ4v) is 3.21. The van der Waals surface area contributed by atoms with E-state index in [9.17, 15) is 4.79 Å². The zero-order valence-electron chi connectivity index (χ0n) is 11.3. The van der Waals surface area contributed by atoms with Gasteiger partial charge >= 0.3 is 0 Å². The monoisotopic (exact) mass is 267 g/mol. The molecule has 1 aromatic rings. The van der Waals surface area contributed by atoms with Crippen LogP contribution in [0.15, 0.2) is 6.07 Å². The van der Waals surface area contributed by atoms with Crippen LogP contribution < -0.4 is 0 Å². The second kappa shape index (κ2) is 5.92. The molecule has 0 bridgehead atoms. The number of rotatable bonds is 4. The highest BCUT2D eigenvalue weighted by molar-refractivity contribution is 6.30. The quantitative estimate of drug-likeness (QED) is 0.594. The molecule has 0 saturated heterocycles. The maximum absolute atomic E-state index is 11.7. The zero-order valence-corrected chi connectivity index (χ0v) is 12.1. The lowest BCUT2D eigenvalue weighted by Gasteiger charge is -2.23. The van der Waals surface area contributed by atoms with Crippen LogP contribution in [-0.2, 0) is 6.54 Å². The lowest BCUT2D eigenvalue weighted by Crippen LogP contribution is -2.16. The number of alkyl halides is 1. The van der Waals surface area contributed by atoms with Gasteiger partial charge in [-0.2, -0.15) is 0 Å². The van der Waals surface area contributed by atoms with Crippen molar-refractivity contribution >= 4 is 17.4 Å². The van der Waals surface area contributed by atoms with Gasteiger partial charge in [0.1, 0.15) is 0 Å². The molecule has 1 aliphatic carbocycles. The summed E-state index contributed by atoms with van der Waals surface area (Å²) < 4.78 is 2.30. The first-order valence-corrected chi connectivity index (χ1v) is 7.42. The van der Waals surface area contributed by atoms with Crippen LogP contribution in [0.4, 0.5) is 0 Å². The van der Waals surface area contributed by atoms with Crippen LogP contribution >= 0.6 is 11.6 Å². The second-order valence-corrected chi connectivity index (χ2v) is 5.72. The molecule has 18 heavy (non-hydrogen) atoms. The van der Waals surface area contributed by atoms with Gasteiger partial charge in [-0.15, -0.1) is 11.6 Å². The van der Waals surface area contributed by atoms with Crippen LogP contribution in [-0.4, -0.2) is 16.2 Å². The summed E-state index contributed by atoms with van der Waals surface area (Å²) in [7, 11) is 0. The minimum Gasteiger partial charge on any atom is -0.348 e. The van der Waals surface area contributed by atoms with Crippen LogP contribution in [0, 0.1) is 19.8 Å². The summed E-state index contributed by atoms with van der Waals surface area (Å²) >= 11 is 5.65. The minimum absolute atomic E-state index is 0.0414. The zero-order chi connectivity index (χ0) is 13.1. The van der Waals surface area contributed by atoms with Crippen molar-refractivity contribution in [3.8, 4) is 0 Å². The SMILES string of the molecule is Cc1cc(C(=O)CCl)c(C)n1CC1CCCCC1. The second-order valence-electron chi connectivity index (χ2n) is 5.46. The van der Waals surface area contributed by atoms with Gasteiger partial charge in [-0.1, -0.05) is 19.3 Å². The average molecular weight is 268 g/mol.